The van der Waals surface area contributed by atoms with E-state index >= 15 is 0 Å². The number of esters is 1. The Balaban J connectivity index is 1.85. The highest BCUT2D eigenvalue weighted by molar-refractivity contribution is 8.13. The Morgan fingerprint density at radius 1 is 1.35 bits per heavy atom. The second kappa shape index (κ2) is 8.63. The summed E-state index contributed by atoms with van der Waals surface area (Å²) >= 11 is 6.86. The quantitative estimate of drug-likeness (QED) is 0.727. The summed E-state index contributed by atoms with van der Waals surface area (Å²) in [5.74, 6) is -1.04. The van der Waals surface area contributed by atoms with Gasteiger partial charge in [0.15, 0.2) is 6.61 Å². The van der Waals surface area contributed by atoms with Gasteiger partial charge in [-0.3, -0.25) is 14.4 Å². The second-order valence-electron chi connectivity index (χ2n) is 5.22. The van der Waals surface area contributed by atoms with Crippen LogP contribution in [-0.4, -0.2) is 47.5 Å². The topological polar surface area (TPSA) is 75.7 Å². The first-order valence-electron chi connectivity index (χ1n) is 7.41. The number of rotatable bonds is 6. The summed E-state index contributed by atoms with van der Waals surface area (Å²) in [6.45, 7) is -0.0664. The van der Waals surface area contributed by atoms with Crippen molar-refractivity contribution in [2.24, 2.45) is 0 Å². The lowest BCUT2D eigenvalue weighted by Gasteiger charge is -2.15. The van der Waals surface area contributed by atoms with Crippen molar-refractivity contribution in [2.45, 2.75) is 12.6 Å². The molecule has 0 unspecified atom stereocenters. The summed E-state index contributed by atoms with van der Waals surface area (Å²) in [5.41, 5.74) is -1.70. The van der Waals surface area contributed by atoms with Crippen molar-refractivity contribution in [1.29, 1.82) is 0 Å². The first-order valence-corrected chi connectivity index (χ1v) is 8.77. The Kier molecular flexibility index (Phi) is 6.76. The molecule has 1 aromatic carbocycles. The number of nitrogens with one attached hydrogen (secondary N) is 1. The van der Waals surface area contributed by atoms with Crippen LogP contribution in [0.1, 0.15) is 12.0 Å². The van der Waals surface area contributed by atoms with Gasteiger partial charge < -0.3 is 15.0 Å². The van der Waals surface area contributed by atoms with Crippen LogP contribution in [0.5, 0.6) is 0 Å². The van der Waals surface area contributed by atoms with Gasteiger partial charge in [-0.25, -0.2) is 0 Å². The number of hydrogen-bond donors (Lipinski definition) is 1. The van der Waals surface area contributed by atoms with E-state index in [-0.39, 0.29) is 23.2 Å². The third-order valence-corrected chi connectivity index (χ3v) is 4.59. The average Bonchev–Trinajstić information content (AvgIpc) is 2.97. The highest BCUT2D eigenvalue weighted by Gasteiger charge is 2.34. The molecule has 1 aliphatic heterocycles. The lowest BCUT2D eigenvalue weighted by atomic mass is 10.1. The fourth-order valence-corrected chi connectivity index (χ4v) is 3.21. The number of benzene rings is 1. The average molecular weight is 411 g/mol. The second-order valence-corrected chi connectivity index (χ2v) is 6.67. The van der Waals surface area contributed by atoms with Gasteiger partial charge in [-0.2, -0.15) is 13.2 Å². The number of amides is 2. The van der Waals surface area contributed by atoms with Gasteiger partial charge >= 0.3 is 12.1 Å². The number of hydrogen-bond acceptors (Lipinski definition) is 5. The highest BCUT2D eigenvalue weighted by atomic mass is 35.5. The van der Waals surface area contributed by atoms with Crippen molar-refractivity contribution in [1.82, 2.24) is 4.90 Å². The number of carbonyl (C=O) groups excluding carboxylic acids is 3. The van der Waals surface area contributed by atoms with Crippen LogP contribution in [0, 0.1) is 0 Å². The van der Waals surface area contributed by atoms with Crippen molar-refractivity contribution in [2.75, 3.05) is 30.8 Å². The third-order valence-electron chi connectivity index (χ3n) is 3.38. The standard InChI is InChI=1S/C15H14ClF3N2O4S/c16-10-3-1-2-9(15(17,18)19)13(10)20-11(22)8-25-12(23)4-5-21-6-7-26-14(21)24/h1-3H,4-8H2,(H,20,22). The van der Waals surface area contributed by atoms with Crippen molar-refractivity contribution in [3.8, 4) is 0 Å². The predicted molar refractivity (Wildman–Crippen MR) is 90.1 cm³/mol. The van der Waals surface area contributed by atoms with Crippen LogP contribution in [0.3, 0.4) is 0 Å². The van der Waals surface area contributed by atoms with Crippen LogP contribution in [0.4, 0.5) is 23.7 Å². The Bertz CT molecular complexity index is 715. The Morgan fingerprint density at radius 2 is 2.08 bits per heavy atom. The van der Waals surface area contributed by atoms with Gasteiger partial charge in [0.05, 0.1) is 22.7 Å². The van der Waals surface area contributed by atoms with Crippen LogP contribution in [0.15, 0.2) is 18.2 Å². The molecule has 1 aromatic rings. The van der Waals surface area contributed by atoms with E-state index in [0.29, 0.717) is 12.3 Å². The molecular weight excluding hydrogens is 397 g/mol. The molecular formula is C15H14ClF3N2O4S. The number of para-hydroxylation sites is 1. The van der Waals surface area contributed by atoms with Gasteiger partial charge in [-0.05, 0) is 12.1 Å². The summed E-state index contributed by atoms with van der Waals surface area (Å²) < 4.78 is 43.5. The molecule has 0 aromatic heterocycles. The molecule has 0 radical (unpaired) electrons. The largest absolute Gasteiger partial charge is 0.456 e. The van der Waals surface area contributed by atoms with E-state index in [0.717, 1.165) is 23.9 Å². The van der Waals surface area contributed by atoms with E-state index < -0.39 is 35.9 Å². The maximum absolute atomic E-state index is 12.9. The predicted octanol–water partition coefficient (Wildman–Crippen LogP) is 3.40. The number of halogens is 4. The molecule has 6 nitrogen and oxygen atoms in total. The Labute approximate surface area is 156 Å². The van der Waals surface area contributed by atoms with E-state index in [1.54, 1.807) is 0 Å². The van der Waals surface area contributed by atoms with Gasteiger partial charge in [0, 0.05) is 18.8 Å². The van der Waals surface area contributed by atoms with E-state index in [1.165, 1.54) is 11.0 Å². The van der Waals surface area contributed by atoms with Crippen molar-refractivity contribution in [3.63, 3.8) is 0 Å². The fraction of sp³-hybridized carbons (Fsp3) is 0.400. The highest BCUT2D eigenvalue weighted by Crippen LogP contribution is 2.38. The first-order chi connectivity index (χ1) is 12.2. The molecule has 1 aliphatic rings. The van der Waals surface area contributed by atoms with Gasteiger partial charge in [0.2, 0.25) is 0 Å². The van der Waals surface area contributed by atoms with E-state index in [9.17, 15) is 27.6 Å². The number of anilines is 1. The monoisotopic (exact) mass is 410 g/mol. The van der Waals surface area contributed by atoms with Gasteiger partial charge in [-0.1, -0.05) is 29.4 Å². The molecule has 2 amide bonds. The molecule has 0 spiro atoms. The van der Waals surface area contributed by atoms with Crippen LogP contribution >= 0.6 is 23.4 Å². The zero-order valence-corrected chi connectivity index (χ0v) is 14.8. The smallest absolute Gasteiger partial charge is 0.418 e. The number of nitrogens with zero attached hydrogens (tertiary/aromatic N) is 1. The molecule has 1 saturated heterocycles. The summed E-state index contributed by atoms with van der Waals surface area (Å²) in [6, 6.07) is 3.08. The lowest BCUT2D eigenvalue weighted by Crippen LogP contribution is -2.28. The van der Waals surface area contributed by atoms with E-state index in [2.05, 4.69) is 0 Å². The summed E-state index contributed by atoms with van der Waals surface area (Å²) in [7, 11) is 0. The van der Waals surface area contributed by atoms with E-state index in [4.69, 9.17) is 16.3 Å². The minimum atomic E-state index is -4.70. The summed E-state index contributed by atoms with van der Waals surface area (Å²) in [6.07, 6.45) is -4.82. The summed E-state index contributed by atoms with van der Waals surface area (Å²) in [4.78, 5) is 36.2. The SMILES string of the molecule is O=C(COC(=O)CCN1CCSC1=O)Nc1c(Cl)cccc1C(F)(F)F. The minimum Gasteiger partial charge on any atom is -0.456 e. The number of thioether (sulfide) groups is 1. The zero-order chi connectivity index (χ0) is 19.3. The molecule has 0 bridgehead atoms. The molecule has 1 heterocycles. The van der Waals surface area contributed by atoms with Gasteiger partial charge in [-0.15, -0.1) is 0 Å². The Hall–Kier alpha value is -1.94. The molecule has 1 fully saturated rings. The molecule has 11 heteroatoms. The van der Waals surface area contributed by atoms with Gasteiger partial charge in [0.1, 0.15) is 0 Å². The van der Waals surface area contributed by atoms with Crippen molar-refractivity contribution in [3.05, 3.63) is 28.8 Å². The lowest BCUT2D eigenvalue weighted by molar-refractivity contribution is -0.147. The number of ether oxygens (including phenoxy) is 1. The number of alkyl halides is 3. The van der Waals surface area contributed by atoms with Crippen LogP contribution in [-0.2, 0) is 20.5 Å². The fourth-order valence-electron chi connectivity index (χ4n) is 2.14. The molecule has 26 heavy (non-hydrogen) atoms. The van der Waals surface area contributed by atoms with Crippen LogP contribution in [0.25, 0.3) is 0 Å². The van der Waals surface area contributed by atoms with Crippen molar-refractivity contribution >= 4 is 46.2 Å². The molecule has 2 rings (SSSR count). The Morgan fingerprint density at radius 3 is 2.69 bits per heavy atom. The first kappa shape index (κ1) is 20.4. The molecule has 142 valence electrons. The molecule has 0 saturated carbocycles. The van der Waals surface area contributed by atoms with Gasteiger partial charge in [0.25, 0.3) is 11.1 Å². The normalized spacial score (nSPS) is 14.5. The molecule has 1 N–H and O–H groups in total. The minimum absolute atomic E-state index is 0.112. The van der Waals surface area contributed by atoms with E-state index in [1.807, 2.05) is 5.32 Å². The molecule has 0 aliphatic carbocycles. The molecule has 0 atom stereocenters. The third kappa shape index (κ3) is 5.53. The maximum Gasteiger partial charge on any atom is 0.418 e. The van der Waals surface area contributed by atoms with Crippen molar-refractivity contribution < 1.29 is 32.3 Å². The summed E-state index contributed by atoms with van der Waals surface area (Å²) in [5, 5.41) is 1.59. The zero-order valence-electron chi connectivity index (χ0n) is 13.3. The maximum atomic E-state index is 12.9. The number of carbonyl (C=O) groups is 3. The van der Waals surface area contributed by atoms with Crippen LogP contribution in [0.2, 0.25) is 5.02 Å². The van der Waals surface area contributed by atoms with Crippen LogP contribution < -0.4 is 5.32 Å².